The topological polar surface area (TPSA) is 101 Å². The second-order valence-corrected chi connectivity index (χ2v) is 8.64. The van der Waals surface area contributed by atoms with Crippen LogP contribution in [0, 0.1) is 6.92 Å². The van der Waals surface area contributed by atoms with Gasteiger partial charge in [0, 0.05) is 6.20 Å². The highest BCUT2D eigenvalue weighted by molar-refractivity contribution is 7.92. The van der Waals surface area contributed by atoms with Crippen LogP contribution in [-0.4, -0.2) is 38.7 Å². The highest BCUT2D eigenvalue weighted by atomic mass is 32.2. The van der Waals surface area contributed by atoms with Crippen molar-refractivity contribution in [3.05, 3.63) is 84.2 Å². The van der Waals surface area contributed by atoms with Crippen LogP contribution in [0.2, 0.25) is 0 Å². The van der Waals surface area contributed by atoms with Gasteiger partial charge in [0.25, 0.3) is 15.9 Å². The Kier molecular flexibility index (Phi) is 7.56. The Morgan fingerprint density at radius 2 is 1.81 bits per heavy atom. The van der Waals surface area contributed by atoms with Gasteiger partial charge in [-0.15, -0.1) is 0 Å². The molecule has 0 atom stereocenters. The van der Waals surface area contributed by atoms with Crippen molar-refractivity contribution in [2.24, 2.45) is 5.10 Å². The number of aryl methyl sites for hydroxylation is 1. The average molecular weight is 453 g/mol. The molecule has 0 saturated heterocycles. The molecule has 0 unspecified atom stereocenters. The number of hydrogen-bond donors (Lipinski definition) is 1. The fourth-order valence-corrected chi connectivity index (χ4v) is 4.30. The summed E-state index contributed by atoms with van der Waals surface area (Å²) in [5, 5.41) is 3.87. The monoisotopic (exact) mass is 452 g/mol. The van der Waals surface area contributed by atoms with Gasteiger partial charge >= 0.3 is 0 Å². The van der Waals surface area contributed by atoms with Gasteiger partial charge in [-0.1, -0.05) is 35.9 Å². The predicted octanol–water partition coefficient (Wildman–Crippen LogP) is 3.13. The number of ether oxygens (including phenoxy) is 1. The normalized spacial score (nSPS) is 11.3. The number of carbonyl (C=O) groups is 1. The van der Waals surface area contributed by atoms with Crippen molar-refractivity contribution in [3.8, 4) is 5.75 Å². The van der Waals surface area contributed by atoms with Crippen molar-refractivity contribution in [1.29, 1.82) is 0 Å². The molecule has 0 saturated carbocycles. The van der Waals surface area contributed by atoms with Gasteiger partial charge in [0.15, 0.2) is 0 Å². The molecule has 166 valence electrons. The molecule has 9 heteroatoms. The highest BCUT2D eigenvalue weighted by Gasteiger charge is 2.29. The molecule has 0 aliphatic heterocycles. The Morgan fingerprint density at radius 3 is 2.50 bits per heavy atom. The van der Waals surface area contributed by atoms with Crippen molar-refractivity contribution >= 4 is 27.8 Å². The quantitative estimate of drug-likeness (QED) is 0.397. The number of pyridine rings is 1. The van der Waals surface area contributed by atoms with E-state index in [-0.39, 0.29) is 10.6 Å². The van der Waals surface area contributed by atoms with Gasteiger partial charge in [-0.25, -0.2) is 13.8 Å². The van der Waals surface area contributed by atoms with E-state index in [2.05, 4.69) is 15.5 Å². The molecular weight excluding hydrogens is 428 g/mol. The van der Waals surface area contributed by atoms with Crippen LogP contribution in [0.3, 0.4) is 0 Å². The number of rotatable bonds is 9. The Hall–Kier alpha value is -3.72. The van der Waals surface area contributed by atoms with Crippen molar-refractivity contribution in [2.75, 3.05) is 17.5 Å². The number of sulfonamides is 1. The Balaban J connectivity index is 1.91. The lowest BCUT2D eigenvalue weighted by Gasteiger charge is -2.25. The second kappa shape index (κ2) is 10.5. The number of amides is 1. The van der Waals surface area contributed by atoms with Crippen molar-refractivity contribution in [1.82, 2.24) is 10.4 Å². The summed E-state index contributed by atoms with van der Waals surface area (Å²) in [6.45, 7) is 3.52. The minimum atomic E-state index is -4.06. The fraction of sp³-hybridized carbons (Fsp3) is 0.174. The van der Waals surface area contributed by atoms with Gasteiger partial charge < -0.3 is 4.74 Å². The summed E-state index contributed by atoms with van der Waals surface area (Å²) in [6, 6.07) is 18.4. The van der Waals surface area contributed by atoms with Gasteiger partial charge in [-0.2, -0.15) is 5.10 Å². The molecule has 0 fully saturated rings. The van der Waals surface area contributed by atoms with E-state index in [9.17, 15) is 13.2 Å². The average Bonchev–Trinajstić information content (AvgIpc) is 2.79. The van der Waals surface area contributed by atoms with Gasteiger partial charge in [0.2, 0.25) is 0 Å². The number of para-hydroxylation sites is 2. The lowest BCUT2D eigenvalue weighted by molar-refractivity contribution is -0.119. The maximum atomic E-state index is 13.5. The first kappa shape index (κ1) is 23.0. The number of nitrogens with zero attached hydrogens (tertiary/aromatic N) is 3. The largest absolute Gasteiger partial charge is 0.492 e. The van der Waals surface area contributed by atoms with E-state index in [4.69, 9.17) is 4.74 Å². The van der Waals surface area contributed by atoms with Crippen LogP contribution in [0.25, 0.3) is 0 Å². The number of benzene rings is 2. The number of aromatic nitrogens is 1. The molecule has 0 bridgehead atoms. The zero-order chi connectivity index (χ0) is 23.0. The van der Waals surface area contributed by atoms with E-state index >= 15 is 0 Å². The summed E-state index contributed by atoms with van der Waals surface area (Å²) in [5.41, 5.74) is 4.10. The van der Waals surface area contributed by atoms with Crippen LogP contribution in [0.5, 0.6) is 5.75 Å². The number of carbonyl (C=O) groups excluding carboxylic acids is 1. The Bertz CT molecular complexity index is 1180. The maximum absolute atomic E-state index is 13.5. The van der Waals surface area contributed by atoms with E-state index < -0.39 is 22.5 Å². The summed E-state index contributed by atoms with van der Waals surface area (Å²) >= 11 is 0. The smallest absolute Gasteiger partial charge is 0.264 e. The van der Waals surface area contributed by atoms with Crippen LogP contribution in [0.1, 0.15) is 18.2 Å². The third-order valence-corrected chi connectivity index (χ3v) is 6.18. The molecule has 0 spiro atoms. The lowest BCUT2D eigenvalue weighted by atomic mass is 10.2. The lowest BCUT2D eigenvalue weighted by Crippen LogP contribution is -2.39. The molecule has 8 nitrogen and oxygen atoms in total. The highest BCUT2D eigenvalue weighted by Crippen LogP contribution is 2.32. The number of hydrogen-bond acceptors (Lipinski definition) is 6. The molecular formula is C23H24N4O4S. The first-order valence-electron chi connectivity index (χ1n) is 9.96. The fourth-order valence-electron chi connectivity index (χ4n) is 2.87. The van der Waals surface area contributed by atoms with Gasteiger partial charge in [0.1, 0.15) is 12.3 Å². The molecule has 1 N–H and O–H groups in total. The van der Waals surface area contributed by atoms with E-state index in [0.29, 0.717) is 18.1 Å². The third kappa shape index (κ3) is 5.70. The maximum Gasteiger partial charge on any atom is 0.264 e. The van der Waals surface area contributed by atoms with Crippen molar-refractivity contribution < 1.29 is 17.9 Å². The van der Waals surface area contributed by atoms with Crippen LogP contribution in [-0.2, 0) is 14.8 Å². The molecule has 1 heterocycles. The zero-order valence-corrected chi connectivity index (χ0v) is 18.6. The Labute approximate surface area is 187 Å². The molecule has 3 rings (SSSR count). The van der Waals surface area contributed by atoms with E-state index in [1.54, 1.807) is 67.7 Å². The molecule has 32 heavy (non-hydrogen) atoms. The zero-order valence-electron chi connectivity index (χ0n) is 17.8. The SMILES string of the molecule is CCOc1ccccc1N(CC(=O)N/N=C\c1ccccn1)S(=O)(=O)c1ccc(C)cc1. The predicted molar refractivity (Wildman–Crippen MR) is 123 cm³/mol. The molecule has 0 radical (unpaired) electrons. The standard InChI is InChI=1S/C23H24N4O4S/c1-3-31-22-10-5-4-9-21(22)27(32(29,30)20-13-11-18(2)12-14-20)17-23(28)26-25-16-19-8-6-7-15-24-19/h4-16H,3,17H2,1-2H3,(H,26,28)/b25-16-. The molecule has 1 aromatic heterocycles. The first-order valence-corrected chi connectivity index (χ1v) is 11.4. The summed E-state index contributed by atoms with van der Waals surface area (Å²) in [6.07, 6.45) is 2.98. The van der Waals surface area contributed by atoms with E-state index in [1.807, 2.05) is 6.92 Å². The summed E-state index contributed by atoms with van der Waals surface area (Å²) in [4.78, 5) is 16.8. The van der Waals surface area contributed by atoms with Gasteiger partial charge in [0.05, 0.1) is 29.1 Å². The van der Waals surface area contributed by atoms with Gasteiger partial charge in [-0.05, 0) is 50.2 Å². The van der Waals surface area contributed by atoms with E-state index in [1.165, 1.54) is 18.3 Å². The van der Waals surface area contributed by atoms with Crippen LogP contribution >= 0.6 is 0 Å². The van der Waals surface area contributed by atoms with E-state index in [0.717, 1.165) is 9.87 Å². The number of nitrogens with one attached hydrogen (secondary N) is 1. The molecule has 2 aromatic carbocycles. The molecule has 3 aromatic rings. The molecule has 1 amide bonds. The van der Waals surface area contributed by atoms with Crippen molar-refractivity contribution in [3.63, 3.8) is 0 Å². The minimum absolute atomic E-state index is 0.0687. The third-order valence-electron chi connectivity index (χ3n) is 4.40. The molecule has 0 aliphatic carbocycles. The van der Waals surface area contributed by atoms with Crippen molar-refractivity contribution in [2.45, 2.75) is 18.7 Å². The summed E-state index contributed by atoms with van der Waals surface area (Å²) < 4.78 is 33.6. The first-order chi connectivity index (χ1) is 15.4. The molecule has 0 aliphatic rings. The van der Waals surface area contributed by atoms with Crippen LogP contribution in [0.15, 0.2) is 82.9 Å². The van der Waals surface area contributed by atoms with Crippen LogP contribution in [0.4, 0.5) is 5.69 Å². The number of anilines is 1. The summed E-state index contributed by atoms with van der Waals surface area (Å²) in [7, 11) is -4.06. The second-order valence-electron chi connectivity index (χ2n) is 6.77. The summed E-state index contributed by atoms with van der Waals surface area (Å²) in [5.74, 6) is -0.255. The minimum Gasteiger partial charge on any atom is -0.492 e. The van der Waals surface area contributed by atoms with Crippen LogP contribution < -0.4 is 14.5 Å². The van der Waals surface area contributed by atoms with Gasteiger partial charge in [-0.3, -0.25) is 14.1 Å². The Morgan fingerprint density at radius 1 is 1.09 bits per heavy atom. The number of hydrazone groups is 1.